The fraction of sp³-hybridized carbons (Fsp3) is 0.700. The van der Waals surface area contributed by atoms with Crippen LogP contribution in [0.5, 0.6) is 0 Å². The number of hydrogen-bond donors (Lipinski definition) is 1. The molecule has 1 aliphatic heterocycles. The van der Waals surface area contributed by atoms with Crippen LogP contribution in [0.3, 0.4) is 0 Å². The Bertz CT molecular complexity index is 296. The number of nitrogens with zero attached hydrogens (tertiary/aromatic N) is 1. The number of aromatic nitrogens is 1. The van der Waals surface area contributed by atoms with Crippen LogP contribution in [0.25, 0.3) is 0 Å². The van der Waals surface area contributed by atoms with Gasteiger partial charge in [-0.25, -0.2) is 4.98 Å². The lowest BCUT2D eigenvalue weighted by molar-refractivity contribution is -0.00926. The van der Waals surface area contributed by atoms with Crippen molar-refractivity contribution >= 4 is 11.3 Å². The van der Waals surface area contributed by atoms with Crippen LogP contribution in [0.2, 0.25) is 0 Å². The van der Waals surface area contributed by atoms with Gasteiger partial charge < -0.3 is 10.1 Å². The third-order valence-electron chi connectivity index (χ3n) is 2.41. The first-order valence-corrected chi connectivity index (χ1v) is 5.89. The van der Waals surface area contributed by atoms with Gasteiger partial charge in [0, 0.05) is 11.1 Å². The molecule has 1 saturated heterocycles. The first-order chi connectivity index (χ1) is 6.79. The van der Waals surface area contributed by atoms with E-state index in [9.17, 15) is 0 Å². The van der Waals surface area contributed by atoms with Crippen LogP contribution in [-0.4, -0.2) is 24.2 Å². The predicted octanol–water partition coefficient (Wildman–Crippen LogP) is 1.75. The molecule has 0 bridgehead atoms. The summed E-state index contributed by atoms with van der Waals surface area (Å²) in [7, 11) is 0. The Balaban J connectivity index is 1.92. The molecule has 0 aromatic carbocycles. The Morgan fingerprint density at radius 3 is 3.00 bits per heavy atom. The number of rotatable bonds is 4. The average molecular weight is 212 g/mol. The molecule has 0 spiro atoms. The smallest absolute Gasteiger partial charge is 0.109 e. The normalized spacial score (nSPS) is 19.3. The van der Waals surface area contributed by atoms with Crippen molar-refractivity contribution in [3.05, 3.63) is 16.1 Å². The summed E-state index contributed by atoms with van der Waals surface area (Å²) < 4.78 is 5.12. The summed E-state index contributed by atoms with van der Waals surface area (Å²) in [5, 5.41) is 4.68. The fourth-order valence-electron chi connectivity index (χ4n) is 1.44. The highest BCUT2D eigenvalue weighted by atomic mass is 32.1. The van der Waals surface area contributed by atoms with Gasteiger partial charge in [0.25, 0.3) is 0 Å². The zero-order valence-corrected chi connectivity index (χ0v) is 9.43. The third kappa shape index (κ3) is 2.13. The summed E-state index contributed by atoms with van der Waals surface area (Å²) in [5.74, 6) is 0. The van der Waals surface area contributed by atoms with E-state index in [1.54, 1.807) is 11.3 Å². The topological polar surface area (TPSA) is 34.2 Å². The van der Waals surface area contributed by atoms with Gasteiger partial charge in [0.1, 0.15) is 5.01 Å². The Labute approximate surface area is 88.5 Å². The van der Waals surface area contributed by atoms with Crippen molar-refractivity contribution in [2.24, 2.45) is 0 Å². The maximum Gasteiger partial charge on any atom is 0.109 e. The fourth-order valence-corrected chi connectivity index (χ4v) is 2.31. The second-order valence-electron chi connectivity index (χ2n) is 3.64. The summed E-state index contributed by atoms with van der Waals surface area (Å²) in [4.78, 5) is 5.77. The zero-order valence-electron chi connectivity index (χ0n) is 8.62. The van der Waals surface area contributed by atoms with Crippen molar-refractivity contribution < 1.29 is 4.74 Å². The molecule has 1 fully saturated rings. The molecule has 4 heteroatoms. The molecular weight excluding hydrogens is 196 g/mol. The lowest BCUT2D eigenvalue weighted by atomic mass is 10.2. The number of aryl methyl sites for hydroxylation is 1. The molecule has 0 saturated carbocycles. The molecule has 1 aromatic rings. The minimum absolute atomic E-state index is 0.356. The van der Waals surface area contributed by atoms with E-state index >= 15 is 0 Å². The van der Waals surface area contributed by atoms with Crippen LogP contribution in [-0.2, 0) is 11.2 Å². The lowest BCUT2D eigenvalue weighted by Crippen LogP contribution is -2.46. The van der Waals surface area contributed by atoms with Gasteiger partial charge in [0.05, 0.1) is 25.3 Å². The average Bonchev–Trinajstić information content (AvgIpc) is 2.59. The highest BCUT2D eigenvalue weighted by molar-refractivity contribution is 7.11. The second-order valence-corrected chi connectivity index (χ2v) is 4.79. The standard InChI is InChI=1S/C10H16N2OS/c1-3-9-4-11-10(14-9)7(2)12-8-5-13-6-8/h4,7-8,12H,3,5-6H2,1-2H3. The van der Waals surface area contributed by atoms with Gasteiger partial charge in [-0.05, 0) is 13.3 Å². The van der Waals surface area contributed by atoms with Crippen LogP contribution in [0, 0.1) is 0 Å². The molecule has 0 aliphatic carbocycles. The van der Waals surface area contributed by atoms with Crippen LogP contribution in [0.1, 0.15) is 29.8 Å². The minimum Gasteiger partial charge on any atom is -0.378 e. The van der Waals surface area contributed by atoms with Crippen molar-refractivity contribution in [3.8, 4) is 0 Å². The van der Waals surface area contributed by atoms with Crippen LogP contribution in [0.15, 0.2) is 6.20 Å². The molecule has 1 N–H and O–H groups in total. The monoisotopic (exact) mass is 212 g/mol. The Morgan fingerprint density at radius 2 is 2.50 bits per heavy atom. The van der Waals surface area contributed by atoms with Crippen molar-refractivity contribution in [1.29, 1.82) is 0 Å². The first kappa shape index (κ1) is 10.1. The van der Waals surface area contributed by atoms with Gasteiger partial charge in [-0.3, -0.25) is 0 Å². The third-order valence-corrected chi connectivity index (χ3v) is 3.74. The summed E-state index contributed by atoms with van der Waals surface area (Å²) in [5.41, 5.74) is 0. The van der Waals surface area contributed by atoms with Gasteiger partial charge in [0.15, 0.2) is 0 Å². The Morgan fingerprint density at radius 1 is 1.71 bits per heavy atom. The molecule has 0 radical (unpaired) electrons. The van der Waals surface area contributed by atoms with E-state index in [1.807, 2.05) is 6.20 Å². The Hall–Kier alpha value is -0.450. The van der Waals surface area contributed by atoms with Crippen LogP contribution >= 0.6 is 11.3 Å². The molecule has 1 aromatic heterocycles. The van der Waals surface area contributed by atoms with E-state index in [1.165, 1.54) is 9.88 Å². The van der Waals surface area contributed by atoms with E-state index in [2.05, 4.69) is 24.1 Å². The summed E-state index contributed by atoms with van der Waals surface area (Å²) in [6, 6.07) is 0.883. The SMILES string of the molecule is CCc1cnc(C(C)NC2COC2)s1. The van der Waals surface area contributed by atoms with Crippen molar-refractivity contribution in [1.82, 2.24) is 10.3 Å². The van der Waals surface area contributed by atoms with Gasteiger partial charge in [0.2, 0.25) is 0 Å². The molecule has 0 amide bonds. The molecule has 2 rings (SSSR count). The molecule has 3 nitrogen and oxygen atoms in total. The van der Waals surface area contributed by atoms with Crippen molar-refractivity contribution in [3.63, 3.8) is 0 Å². The van der Waals surface area contributed by atoms with E-state index in [0.29, 0.717) is 12.1 Å². The molecular formula is C10H16N2OS. The molecule has 14 heavy (non-hydrogen) atoms. The van der Waals surface area contributed by atoms with E-state index < -0.39 is 0 Å². The van der Waals surface area contributed by atoms with E-state index in [-0.39, 0.29) is 0 Å². The van der Waals surface area contributed by atoms with E-state index in [4.69, 9.17) is 4.74 Å². The van der Waals surface area contributed by atoms with Gasteiger partial charge >= 0.3 is 0 Å². The van der Waals surface area contributed by atoms with Crippen molar-refractivity contribution in [2.45, 2.75) is 32.4 Å². The molecule has 1 atom stereocenters. The van der Waals surface area contributed by atoms with Gasteiger partial charge in [-0.15, -0.1) is 11.3 Å². The number of nitrogens with one attached hydrogen (secondary N) is 1. The number of hydrogen-bond acceptors (Lipinski definition) is 4. The highest BCUT2D eigenvalue weighted by Crippen LogP contribution is 2.21. The summed E-state index contributed by atoms with van der Waals surface area (Å²) >= 11 is 1.80. The highest BCUT2D eigenvalue weighted by Gasteiger charge is 2.21. The Kier molecular flexibility index (Phi) is 3.15. The quantitative estimate of drug-likeness (QED) is 0.825. The molecule has 78 valence electrons. The summed E-state index contributed by atoms with van der Waals surface area (Å²) in [6.07, 6.45) is 3.06. The largest absolute Gasteiger partial charge is 0.378 e. The second kappa shape index (κ2) is 4.38. The maximum absolute atomic E-state index is 5.12. The first-order valence-electron chi connectivity index (χ1n) is 5.08. The molecule has 2 heterocycles. The number of thiazole rings is 1. The zero-order chi connectivity index (χ0) is 9.97. The predicted molar refractivity (Wildman–Crippen MR) is 57.6 cm³/mol. The summed E-state index contributed by atoms with van der Waals surface area (Å²) in [6.45, 7) is 6.01. The minimum atomic E-state index is 0.356. The van der Waals surface area contributed by atoms with Gasteiger partial charge in [-0.2, -0.15) is 0 Å². The maximum atomic E-state index is 5.12. The van der Waals surface area contributed by atoms with Crippen molar-refractivity contribution in [2.75, 3.05) is 13.2 Å². The van der Waals surface area contributed by atoms with Gasteiger partial charge in [-0.1, -0.05) is 6.92 Å². The molecule has 1 unspecified atom stereocenters. The van der Waals surface area contributed by atoms with Crippen LogP contribution < -0.4 is 5.32 Å². The lowest BCUT2D eigenvalue weighted by Gasteiger charge is -2.29. The molecule has 1 aliphatic rings. The van der Waals surface area contributed by atoms with E-state index in [0.717, 1.165) is 19.6 Å². The van der Waals surface area contributed by atoms with Crippen LogP contribution in [0.4, 0.5) is 0 Å². The number of ether oxygens (including phenoxy) is 1.